The Balaban J connectivity index is 1.76. The summed E-state index contributed by atoms with van der Waals surface area (Å²) < 4.78 is 3.26. The topological polar surface area (TPSA) is 56.0 Å². The number of piperidine rings is 1. The van der Waals surface area contributed by atoms with E-state index in [4.69, 9.17) is 0 Å². The molecule has 2 aromatic heterocycles. The number of hydrogen-bond acceptors (Lipinski definition) is 4. The molecule has 0 N–H and O–H groups in total. The van der Waals surface area contributed by atoms with Gasteiger partial charge in [0.15, 0.2) is 0 Å². The van der Waals surface area contributed by atoms with Crippen molar-refractivity contribution < 1.29 is 0 Å². The van der Waals surface area contributed by atoms with E-state index in [1.54, 1.807) is 11.6 Å². The van der Waals surface area contributed by atoms with Crippen molar-refractivity contribution in [2.24, 2.45) is 7.05 Å². The maximum absolute atomic E-state index is 12.1. The molecule has 1 aliphatic heterocycles. The third-order valence-corrected chi connectivity index (χ3v) is 4.34. The van der Waals surface area contributed by atoms with Gasteiger partial charge in [0.05, 0.1) is 5.69 Å². The van der Waals surface area contributed by atoms with Gasteiger partial charge in [-0.2, -0.15) is 5.10 Å². The van der Waals surface area contributed by atoms with Crippen LogP contribution in [0.1, 0.15) is 37.2 Å². The molecular weight excluding hydrogens is 278 g/mol. The quantitative estimate of drug-likeness (QED) is 0.856. The molecule has 22 heavy (non-hydrogen) atoms. The maximum Gasteiger partial charge on any atom is 0.345 e. The third-order valence-electron chi connectivity index (χ3n) is 4.34. The first-order valence-electron chi connectivity index (χ1n) is 7.95. The summed E-state index contributed by atoms with van der Waals surface area (Å²) in [5.41, 5.74) is 1.08. The number of pyridine rings is 1. The predicted molar refractivity (Wildman–Crippen MR) is 84.6 cm³/mol. The monoisotopic (exact) mass is 301 g/mol. The van der Waals surface area contributed by atoms with E-state index < -0.39 is 0 Å². The van der Waals surface area contributed by atoms with E-state index in [-0.39, 0.29) is 5.69 Å². The van der Waals surface area contributed by atoms with E-state index >= 15 is 0 Å². The van der Waals surface area contributed by atoms with Crippen molar-refractivity contribution in [2.75, 3.05) is 13.1 Å². The molecule has 3 heterocycles. The molecule has 118 valence electrons. The van der Waals surface area contributed by atoms with Crippen LogP contribution in [-0.2, 0) is 20.1 Å². The fourth-order valence-electron chi connectivity index (χ4n) is 3.25. The van der Waals surface area contributed by atoms with Crippen LogP contribution in [0.5, 0.6) is 0 Å². The van der Waals surface area contributed by atoms with Crippen LogP contribution in [0.2, 0.25) is 0 Å². The van der Waals surface area contributed by atoms with Crippen LogP contribution in [0.15, 0.2) is 29.2 Å². The van der Waals surface area contributed by atoms with Gasteiger partial charge in [0.1, 0.15) is 5.82 Å². The van der Waals surface area contributed by atoms with Crippen LogP contribution in [0, 0.1) is 0 Å². The van der Waals surface area contributed by atoms with Crippen molar-refractivity contribution >= 4 is 0 Å². The minimum atomic E-state index is -0.0145. The molecule has 0 bridgehead atoms. The molecule has 3 rings (SSSR count). The highest BCUT2D eigenvalue weighted by molar-refractivity contribution is 5.05. The second kappa shape index (κ2) is 6.44. The van der Waals surface area contributed by atoms with Gasteiger partial charge in [0.2, 0.25) is 0 Å². The van der Waals surface area contributed by atoms with Crippen LogP contribution < -0.4 is 5.69 Å². The zero-order valence-corrected chi connectivity index (χ0v) is 13.3. The van der Waals surface area contributed by atoms with Crippen molar-refractivity contribution in [3.63, 3.8) is 0 Å². The van der Waals surface area contributed by atoms with Gasteiger partial charge in [-0.05, 0) is 38.4 Å². The van der Waals surface area contributed by atoms with E-state index in [0.717, 1.165) is 44.0 Å². The van der Waals surface area contributed by atoms with Gasteiger partial charge >= 0.3 is 5.69 Å². The van der Waals surface area contributed by atoms with Crippen molar-refractivity contribution in [3.8, 4) is 0 Å². The highest BCUT2D eigenvalue weighted by atomic mass is 16.2. The third kappa shape index (κ3) is 2.97. The van der Waals surface area contributed by atoms with Gasteiger partial charge in [-0.3, -0.25) is 14.5 Å². The first-order valence-corrected chi connectivity index (χ1v) is 7.95. The first-order chi connectivity index (χ1) is 10.7. The summed E-state index contributed by atoms with van der Waals surface area (Å²) in [6.07, 6.45) is 4.06. The van der Waals surface area contributed by atoms with Crippen molar-refractivity contribution in [2.45, 2.75) is 38.8 Å². The Morgan fingerprint density at radius 2 is 2.23 bits per heavy atom. The lowest BCUT2D eigenvalue weighted by Gasteiger charge is -2.31. The molecule has 1 fully saturated rings. The molecule has 2 aromatic rings. The zero-order chi connectivity index (χ0) is 15.5. The lowest BCUT2D eigenvalue weighted by molar-refractivity contribution is 0.192. The van der Waals surface area contributed by atoms with Gasteiger partial charge in [0.25, 0.3) is 0 Å². The summed E-state index contributed by atoms with van der Waals surface area (Å²) in [5, 5.41) is 4.47. The van der Waals surface area contributed by atoms with Crippen molar-refractivity contribution in [3.05, 3.63) is 46.4 Å². The van der Waals surface area contributed by atoms with Crippen LogP contribution in [0.4, 0.5) is 0 Å². The fourth-order valence-corrected chi connectivity index (χ4v) is 3.25. The molecule has 0 aliphatic carbocycles. The van der Waals surface area contributed by atoms with Gasteiger partial charge in [0, 0.05) is 38.8 Å². The smallest absolute Gasteiger partial charge is 0.297 e. The number of aromatic nitrogens is 4. The van der Waals surface area contributed by atoms with Gasteiger partial charge < -0.3 is 0 Å². The minimum absolute atomic E-state index is 0.0145. The molecule has 6 heteroatoms. The highest BCUT2D eigenvalue weighted by Gasteiger charge is 2.26. The van der Waals surface area contributed by atoms with E-state index in [9.17, 15) is 4.79 Å². The van der Waals surface area contributed by atoms with Crippen LogP contribution >= 0.6 is 0 Å². The zero-order valence-electron chi connectivity index (χ0n) is 13.3. The predicted octanol–water partition coefficient (Wildman–Crippen LogP) is 1.38. The summed E-state index contributed by atoms with van der Waals surface area (Å²) in [5.74, 6) is 1.26. The Morgan fingerprint density at radius 1 is 1.36 bits per heavy atom. The Morgan fingerprint density at radius 3 is 2.95 bits per heavy atom. The second-order valence-corrected chi connectivity index (χ2v) is 5.90. The summed E-state index contributed by atoms with van der Waals surface area (Å²) in [4.78, 5) is 18.9. The molecule has 0 unspecified atom stereocenters. The Labute approximate surface area is 130 Å². The Hall–Kier alpha value is -1.95. The number of hydrogen-bond donors (Lipinski definition) is 0. The van der Waals surface area contributed by atoms with Crippen molar-refractivity contribution in [1.82, 2.24) is 24.2 Å². The number of nitrogens with zero attached hydrogens (tertiary/aromatic N) is 5. The Kier molecular flexibility index (Phi) is 4.38. The van der Waals surface area contributed by atoms with Crippen LogP contribution in [0.25, 0.3) is 0 Å². The molecule has 0 spiro atoms. The van der Waals surface area contributed by atoms with Crippen LogP contribution in [-0.4, -0.2) is 37.3 Å². The lowest BCUT2D eigenvalue weighted by Crippen LogP contribution is -2.35. The molecular formula is C16H23N5O. The fraction of sp³-hybridized carbons (Fsp3) is 0.562. The average molecular weight is 301 g/mol. The van der Waals surface area contributed by atoms with Crippen molar-refractivity contribution in [1.29, 1.82) is 0 Å². The normalized spacial score (nSPS) is 19.5. The molecule has 0 radical (unpaired) electrons. The summed E-state index contributed by atoms with van der Waals surface area (Å²) in [7, 11) is 1.73. The van der Waals surface area contributed by atoms with Gasteiger partial charge in [-0.25, -0.2) is 9.48 Å². The molecule has 0 amide bonds. The minimum Gasteiger partial charge on any atom is -0.297 e. The maximum atomic E-state index is 12.1. The van der Waals surface area contributed by atoms with Gasteiger partial charge in [-0.1, -0.05) is 6.07 Å². The first kappa shape index (κ1) is 15.0. The average Bonchev–Trinajstić information content (AvgIpc) is 2.83. The largest absolute Gasteiger partial charge is 0.345 e. The molecule has 1 saturated heterocycles. The number of aryl methyl sites for hydroxylation is 1. The van der Waals surface area contributed by atoms with E-state index in [1.165, 1.54) is 4.68 Å². The lowest BCUT2D eigenvalue weighted by atomic mass is 9.97. The molecule has 0 aromatic carbocycles. The summed E-state index contributed by atoms with van der Waals surface area (Å²) >= 11 is 0. The number of rotatable bonds is 4. The van der Waals surface area contributed by atoms with Crippen LogP contribution in [0.3, 0.4) is 0 Å². The molecule has 1 aliphatic rings. The standard InChI is InChI=1S/C16H23N5O/c1-3-21-15(18-19(2)16(21)22)13-7-6-10-20(11-13)12-14-8-4-5-9-17-14/h4-5,8-9,13H,3,6-7,10-12H2,1-2H3/t13-/m0/s1. The van der Waals surface area contributed by atoms with E-state index in [2.05, 4.69) is 21.0 Å². The number of likely N-dealkylation sites (tertiary alicyclic amines) is 1. The SMILES string of the molecule is CCn1c([C@H]2CCCN(Cc3ccccn3)C2)nn(C)c1=O. The molecule has 1 atom stereocenters. The highest BCUT2D eigenvalue weighted by Crippen LogP contribution is 2.25. The second-order valence-electron chi connectivity index (χ2n) is 5.90. The van der Waals surface area contributed by atoms with Gasteiger partial charge in [-0.15, -0.1) is 0 Å². The summed E-state index contributed by atoms with van der Waals surface area (Å²) in [6, 6.07) is 6.03. The van der Waals surface area contributed by atoms with E-state index in [0.29, 0.717) is 12.5 Å². The molecule has 6 nitrogen and oxygen atoms in total. The van der Waals surface area contributed by atoms with E-state index in [1.807, 2.05) is 25.3 Å². The summed E-state index contributed by atoms with van der Waals surface area (Å²) in [6.45, 7) is 5.56. The Bertz CT molecular complexity index is 676. The molecule has 0 saturated carbocycles.